The van der Waals surface area contributed by atoms with Crippen molar-refractivity contribution in [2.75, 3.05) is 13.7 Å². The average Bonchev–Trinajstić information content (AvgIpc) is 2.17. The maximum atomic E-state index is 11.5. The van der Waals surface area contributed by atoms with Gasteiger partial charge in [-0.2, -0.15) is 0 Å². The summed E-state index contributed by atoms with van der Waals surface area (Å²) < 4.78 is 5.09. The zero-order valence-corrected chi connectivity index (χ0v) is 7.59. The molecular weight excluding hydrogens is 154 g/mol. The maximum absolute atomic E-state index is 11.5. The van der Waals surface area contributed by atoms with E-state index in [1.165, 1.54) is 0 Å². The molecule has 1 aliphatic heterocycles. The van der Waals surface area contributed by atoms with Crippen LogP contribution in [-0.4, -0.2) is 25.5 Å². The fraction of sp³-hybridized carbons (Fsp3) is 0.667. The molecule has 0 aromatic carbocycles. The molecular formula is C9H15NO2. The quantitative estimate of drug-likeness (QED) is 0.681. The van der Waals surface area contributed by atoms with E-state index in [2.05, 4.69) is 5.32 Å². The molecule has 12 heavy (non-hydrogen) atoms. The fourth-order valence-electron chi connectivity index (χ4n) is 1.15. The van der Waals surface area contributed by atoms with Crippen LogP contribution in [0.5, 0.6) is 0 Å². The van der Waals surface area contributed by atoms with E-state index in [-0.39, 0.29) is 11.8 Å². The van der Waals surface area contributed by atoms with Gasteiger partial charge in [0.1, 0.15) is 0 Å². The summed E-state index contributed by atoms with van der Waals surface area (Å²) in [7, 11) is 1.78. The SMILES string of the molecule is CNC(C)C(=O)C1=COCCC1. The summed E-state index contributed by atoms with van der Waals surface area (Å²) in [5.74, 6) is 0.150. The summed E-state index contributed by atoms with van der Waals surface area (Å²) in [4.78, 5) is 11.5. The smallest absolute Gasteiger partial charge is 0.178 e. The van der Waals surface area contributed by atoms with E-state index in [9.17, 15) is 4.79 Å². The lowest BCUT2D eigenvalue weighted by molar-refractivity contribution is -0.117. The predicted molar refractivity (Wildman–Crippen MR) is 46.8 cm³/mol. The Balaban J connectivity index is 2.56. The topological polar surface area (TPSA) is 38.3 Å². The minimum Gasteiger partial charge on any atom is -0.501 e. The molecule has 0 fully saturated rings. The highest BCUT2D eigenvalue weighted by Crippen LogP contribution is 2.13. The fourth-order valence-corrected chi connectivity index (χ4v) is 1.15. The van der Waals surface area contributed by atoms with E-state index >= 15 is 0 Å². The van der Waals surface area contributed by atoms with Gasteiger partial charge in [0.15, 0.2) is 5.78 Å². The number of ether oxygens (including phenoxy) is 1. The van der Waals surface area contributed by atoms with Crippen molar-refractivity contribution in [1.29, 1.82) is 0 Å². The first-order chi connectivity index (χ1) is 5.75. The molecule has 1 heterocycles. The molecule has 0 spiro atoms. The number of rotatable bonds is 3. The highest BCUT2D eigenvalue weighted by molar-refractivity contribution is 5.98. The first-order valence-corrected chi connectivity index (χ1v) is 4.28. The number of carbonyl (C=O) groups excluding carboxylic acids is 1. The van der Waals surface area contributed by atoms with Crippen molar-refractivity contribution in [2.45, 2.75) is 25.8 Å². The van der Waals surface area contributed by atoms with Crippen molar-refractivity contribution in [3.8, 4) is 0 Å². The molecule has 3 heteroatoms. The number of carbonyl (C=O) groups is 1. The number of ketones is 1. The third-order valence-corrected chi connectivity index (χ3v) is 2.08. The van der Waals surface area contributed by atoms with Gasteiger partial charge in [0, 0.05) is 5.57 Å². The zero-order chi connectivity index (χ0) is 8.97. The third kappa shape index (κ3) is 2.08. The molecule has 3 nitrogen and oxygen atoms in total. The Kier molecular flexibility index (Phi) is 3.29. The van der Waals surface area contributed by atoms with E-state index < -0.39 is 0 Å². The lowest BCUT2D eigenvalue weighted by Gasteiger charge is -2.15. The second kappa shape index (κ2) is 4.26. The summed E-state index contributed by atoms with van der Waals surface area (Å²) in [6, 6.07) is -0.0991. The monoisotopic (exact) mass is 169 g/mol. The van der Waals surface area contributed by atoms with Crippen molar-refractivity contribution in [2.24, 2.45) is 0 Å². The van der Waals surface area contributed by atoms with E-state index in [4.69, 9.17) is 4.74 Å². The van der Waals surface area contributed by atoms with E-state index in [0.717, 1.165) is 25.0 Å². The van der Waals surface area contributed by atoms with E-state index in [1.807, 2.05) is 6.92 Å². The Morgan fingerprint density at radius 1 is 1.75 bits per heavy atom. The molecule has 0 aromatic heterocycles. The first kappa shape index (κ1) is 9.26. The number of likely N-dealkylation sites (N-methyl/N-ethyl adjacent to an activating group) is 1. The molecule has 1 aliphatic rings. The van der Waals surface area contributed by atoms with Crippen LogP contribution in [0, 0.1) is 0 Å². The van der Waals surface area contributed by atoms with Crippen LogP contribution in [0.15, 0.2) is 11.8 Å². The summed E-state index contributed by atoms with van der Waals surface area (Å²) in [6.07, 6.45) is 3.40. The summed E-state index contributed by atoms with van der Waals surface area (Å²) >= 11 is 0. The van der Waals surface area contributed by atoms with Crippen molar-refractivity contribution in [1.82, 2.24) is 5.32 Å². The standard InChI is InChI=1S/C9H15NO2/c1-7(10-2)9(11)8-4-3-5-12-6-8/h6-7,10H,3-5H2,1-2H3. The van der Waals surface area contributed by atoms with Crippen LogP contribution < -0.4 is 5.32 Å². The molecule has 1 rings (SSSR count). The highest BCUT2D eigenvalue weighted by atomic mass is 16.5. The minimum absolute atomic E-state index is 0.0991. The molecule has 1 atom stereocenters. The van der Waals surface area contributed by atoms with Crippen LogP contribution in [0.4, 0.5) is 0 Å². The Morgan fingerprint density at radius 3 is 3.00 bits per heavy atom. The Morgan fingerprint density at radius 2 is 2.50 bits per heavy atom. The second-order valence-corrected chi connectivity index (χ2v) is 2.99. The number of nitrogens with one attached hydrogen (secondary N) is 1. The van der Waals surface area contributed by atoms with Crippen LogP contribution in [0.3, 0.4) is 0 Å². The largest absolute Gasteiger partial charge is 0.501 e. The van der Waals surface area contributed by atoms with Gasteiger partial charge in [-0.05, 0) is 26.8 Å². The van der Waals surface area contributed by atoms with Crippen molar-refractivity contribution >= 4 is 5.78 Å². The van der Waals surface area contributed by atoms with Crippen LogP contribution in [0.1, 0.15) is 19.8 Å². The van der Waals surface area contributed by atoms with Crippen LogP contribution in [-0.2, 0) is 9.53 Å². The van der Waals surface area contributed by atoms with Gasteiger partial charge in [0.2, 0.25) is 0 Å². The normalized spacial score (nSPS) is 19.3. The lowest BCUT2D eigenvalue weighted by atomic mass is 10.0. The van der Waals surface area contributed by atoms with E-state index in [0.29, 0.717) is 0 Å². The van der Waals surface area contributed by atoms with Gasteiger partial charge in [-0.15, -0.1) is 0 Å². The van der Waals surface area contributed by atoms with Gasteiger partial charge in [-0.25, -0.2) is 0 Å². The number of Topliss-reactive ketones (excluding diaryl/α,β-unsaturated/α-hetero) is 1. The maximum Gasteiger partial charge on any atom is 0.178 e. The molecule has 1 unspecified atom stereocenters. The Hall–Kier alpha value is -0.830. The second-order valence-electron chi connectivity index (χ2n) is 2.99. The summed E-state index contributed by atoms with van der Waals surface area (Å²) in [5, 5.41) is 2.92. The van der Waals surface area contributed by atoms with Crippen LogP contribution in [0.25, 0.3) is 0 Å². The third-order valence-electron chi connectivity index (χ3n) is 2.08. The molecule has 0 bridgehead atoms. The van der Waals surface area contributed by atoms with Crippen LogP contribution in [0.2, 0.25) is 0 Å². The Bertz CT molecular complexity index is 199. The van der Waals surface area contributed by atoms with Gasteiger partial charge in [0.25, 0.3) is 0 Å². The molecule has 0 radical (unpaired) electrons. The Labute approximate surface area is 72.8 Å². The number of hydrogen-bond acceptors (Lipinski definition) is 3. The summed E-state index contributed by atoms with van der Waals surface area (Å²) in [5.41, 5.74) is 0.808. The molecule has 0 aliphatic carbocycles. The molecule has 68 valence electrons. The number of hydrogen-bond donors (Lipinski definition) is 1. The lowest BCUT2D eigenvalue weighted by Crippen LogP contribution is -2.32. The van der Waals surface area contributed by atoms with E-state index in [1.54, 1.807) is 13.3 Å². The molecule has 0 aromatic rings. The molecule has 0 saturated carbocycles. The first-order valence-electron chi connectivity index (χ1n) is 4.28. The zero-order valence-electron chi connectivity index (χ0n) is 7.59. The average molecular weight is 169 g/mol. The molecule has 0 saturated heterocycles. The van der Waals surface area contributed by atoms with Crippen molar-refractivity contribution in [3.63, 3.8) is 0 Å². The highest BCUT2D eigenvalue weighted by Gasteiger charge is 2.17. The van der Waals surface area contributed by atoms with Crippen molar-refractivity contribution in [3.05, 3.63) is 11.8 Å². The van der Waals surface area contributed by atoms with Crippen molar-refractivity contribution < 1.29 is 9.53 Å². The molecule has 0 amide bonds. The summed E-state index contributed by atoms with van der Waals surface area (Å²) in [6.45, 7) is 2.60. The van der Waals surface area contributed by atoms with Gasteiger partial charge >= 0.3 is 0 Å². The minimum atomic E-state index is -0.0991. The molecule has 1 N–H and O–H groups in total. The van der Waals surface area contributed by atoms with Gasteiger partial charge < -0.3 is 10.1 Å². The van der Waals surface area contributed by atoms with Gasteiger partial charge in [0.05, 0.1) is 18.9 Å². The van der Waals surface area contributed by atoms with Crippen LogP contribution >= 0.6 is 0 Å². The van der Waals surface area contributed by atoms with Gasteiger partial charge in [-0.3, -0.25) is 4.79 Å². The predicted octanol–water partition coefficient (Wildman–Crippen LogP) is 0.858. The van der Waals surface area contributed by atoms with Gasteiger partial charge in [-0.1, -0.05) is 0 Å².